The molecule has 1 aromatic rings. The lowest BCUT2D eigenvalue weighted by Crippen LogP contribution is -2.34. The number of primary amides is 1. The van der Waals surface area contributed by atoms with Crippen LogP contribution in [0.15, 0.2) is 6.33 Å². The van der Waals surface area contributed by atoms with Gasteiger partial charge in [0.2, 0.25) is 6.79 Å². The average Bonchev–Trinajstić information content (AvgIpc) is 3.30. The fourth-order valence-electron chi connectivity index (χ4n) is 2.81. The number of carbonyl (C=O) groups is 4. The second-order valence-electron chi connectivity index (χ2n) is 10.4. The van der Waals surface area contributed by atoms with Gasteiger partial charge in [0, 0.05) is 0 Å². The fourth-order valence-corrected chi connectivity index (χ4v) is 3.73. The highest BCUT2D eigenvalue weighted by Gasteiger charge is 2.46. The maximum absolute atomic E-state index is 13.2. The highest BCUT2D eigenvalue weighted by Crippen LogP contribution is 2.51. The Morgan fingerprint density at radius 2 is 1.64 bits per heavy atom. The number of nitrogen functional groups attached to an aromatic ring is 1. The zero-order valence-electron chi connectivity index (χ0n) is 22.2. The number of aliphatic hydroxyl groups is 2. The summed E-state index contributed by atoms with van der Waals surface area (Å²) in [5, 5.41) is 20.9. The van der Waals surface area contributed by atoms with Gasteiger partial charge in [-0.3, -0.25) is 23.5 Å². The molecule has 2 heterocycles. The molecule has 0 radical (unpaired) electrons. The maximum Gasteiger partial charge on any atom is 0.537 e. The predicted octanol–water partition coefficient (Wildman–Crippen LogP) is 0.597. The van der Waals surface area contributed by atoms with Gasteiger partial charge in [-0.1, -0.05) is 0 Å². The van der Waals surface area contributed by atoms with E-state index in [0.29, 0.717) is 0 Å². The number of amides is 1. The normalized spacial score (nSPS) is 23.1. The summed E-state index contributed by atoms with van der Waals surface area (Å²) in [6.45, 7) is 7.14. The van der Waals surface area contributed by atoms with E-state index in [9.17, 15) is 34.0 Å². The van der Waals surface area contributed by atoms with Gasteiger partial charge in [-0.25, -0.2) is 18.9 Å². The molecular weight excluding hydrogens is 547 g/mol. The minimum absolute atomic E-state index is 0.260. The van der Waals surface area contributed by atoms with Crippen LogP contribution in [0.25, 0.3) is 0 Å². The minimum Gasteiger partial charge on any atom is -0.437 e. The number of phosphoric acid groups is 1. The number of ether oxygens (including phenoxy) is 3. The van der Waals surface area contributed by atoms with Crippen LogP contribution in [0, 0.1) is 10.8 Å². The third kappa shape index (κ3) is 8.20. The molecule has 17 nitrogen and oxygen atoms in total. The molecule has 0 spiro atoms. The van der Waals surface area contributed by atoms with Gasteiger partial charge in [-0.2, -0.15) is 0 Å². The number of hydrogen-bond donors (Lipinski definition) is 4. The molecule has 1 aliphatic rings. The summed E-state index contributed by atoms with van der Waals surface area (Å²) in [7, 11) is -4.98. The topological polar surface area (TPSA) is 251 Å². The Hall–Kier alpha value is -3.08. The molecule has 1 amide bonds. The average molecular weight is 580 g/mol. The summed E-state index contributed by atoms with van der Waals surface area (Å²) < 4.78 is 43.6. The Bertz CT molecular complexity index is 1140. The number of aromatic nitrogens is 2. The van der Waals surface area contributed by atoms with Gasteiger partial charge in [-0.15, -0.1) is 0 Å². The van der Waals surface area contributed by atoms with Gasteiger partial charge >= 0.3 is 25.9 Å². The van der Waals surface area contributed by atoms with E-state index in [-0.39, 0.29) is 11.5 Å². The van der Waals surface area contributed by atoms with Crippen LogP contribution in [0.1, 0.15) is 58.3 Å². The number of imidazole rings is 1. The quantitative estimate of drug-likeness (QED) is 0.135. The monoisotopic (exact) mass is 580 g/mol. The van der Waals surface area contributed by atoms with Crippen LogP contribution in [-0.2, 0) is 41.9 Å². The van der Waals surface area contributed by atoms with Crippen molar-refractivity contribution in [3.05, 3.63) is 12.0 Å². The number of nitrogens with two attached hydrogens (primary N) is 2. The standard InChI is InChI=1S/C21H33N4O13P/c1-20(2,3)17(29)33-9-35-39(32,38-19(31)37-18(30)21(4,5)6)34-7-10-12(26)13(27)16(36-10)25-8-24-11(14(25)22)15(23)28/h8,10,12-13,16,26-27H,7,9,22H2,1-6H3,(H2,23,28)/t10-,12-,13-,16-,39?/m1/s1. The van der Waals surface area contributed by atoms with Crippen LogP contribution < -0.4 is 11.5 Å². The van der Waals surface area contributed by atoms with Crippen molar-refractivity contribution in [3.63, 3.8) is 0 Å². The first kappa shape index (κ1) is 32.1. The molecule has 1 fully saturated rings. The van der Waals surface area contributed by atoms with Crippen molar-refractivity contribution >= 4 is 37.6 Å². The lowest BCUT2D eigenvalue weighted by molar-refractivity contribution is -0.160. The largest absolute Gasteiger partial charge is 0.537 e. The lowest BCUT2D eigenvalue weighted by atomic mass is 9.97. The van der Waals surface area contributed by atoms with Crippen LogP contribution in [0.5, 0.6) is 0 Å². The van der Waals surface area contributed by atoms with Crippen molar-refractivity contribution in [1.29, 1.82) is 0 Å². The molecule has 1 aromatic heterocycles. The van der Waals surface area contributed by atoms with Crippen LogP contribution in [-0.4, -0.2) is 75.5 Å². The number of carbonyl (C=O) groups excluding carboxylic acids is 4. The zero-order chi connectivity index (χ0) is 29.9. The first-order valence-electron chi connectivity index (χ1n) is 11.4. The van der Waals surface area contributed by atoms with Gasteiger partial charge < -0.3 is 40.4 Å². The Morgan fingerprint density at radius 1 is 1.05 bits per heavy atom. The van der Waals surface area contributed by atoms with Gasteiger partial charge in [0.15, 0.2) is 11.9 Å². The zero-order valence-corrected chi connectivity index (χ0v) is 23.1. The number of esters is 2. The number of nitrogens with zero attached hydrogens (tertiary/aromatic N) is 2. The van der Waals surface area contributed by atoms with Crippen molar-refractivity contribution in [2.24, 2.45) is 16.6 Å². The Labute approximate surface area is 223 Å². The summed E-state index contributed by atoms with van der Waals surface area (Å²) in [4.78, 5) is 51.2. The first-order valence-corrected chi connectivity index (χ1v) is 12.9. The van der Waals surface area contributed by atoms with E-state index in [0.717, 1.165) is 10.9 Å². The Balaban J connectivity index is 2.16. The molecule has 1 saturated heterocycles. The van der Waals surface area contributed by atoms with E-state index >= 15 is 0 Å². The first-order chi connectivity index (χ1) is 17.8. The molecule has 2 rings (SSSR count). The van der Waals surface area contributed by atoms with E-state index in [1.165, 1.54) is 41.5 Å². The van der Waals surface area contributed by atoms with E-state index < -0.39 is 80.6 Å². The van der Waals surface area contributed by atoms with E-state index in [4.69, 9.17) is 30.0 Å². The highest BCUT2D eigenvalue weighted by atomic mass is 31.2. The second kappa shape index (κ2) is 12.0. The molecule has 1 unspecified atom stereocenters. The van der Waals surface area contributed by atoms with Crippen LogP contribution >= 0.6 is 7.82 Å². The van der Waals surface area contributed by atoms with Crippen molar-refractivity contribution in [3.8, 4) is 0 Å². The smallest absolute Gasteiger partial charge is 0.437 e. The third-order valence-corrected chi connectivity index (χ3v) is 6.32. The SMILES string of the molecule is CC(C)(C)C(=O)OCOP(=O)(OC[C@H]1O[C@@H](n2cnc(C(N)=O)c2N)[C@H](O)[C@@H]1O)OC(=O)OC(=O)C(C)(C)C. The van der Waals surface area contributed by atoms with Gasteiger partial charge in [0.05, 0.1) is 23.8 Å². The maximum atomic E-state index is 13.2. The molecule has 6 N–H and O–H groups in total. The molecule has 39 heavy (non-hydrogen) atoms. The van der Waals surface area contributed by atoms with E-state index in [2.05, 4.69) is 14.2 Å². The highest BCUT2D eigenvalue weighted by molar-refractivity contribution is 7.49. The Kier molecular flexibility index (Phi) is 9.87. The summed E-state index contributed by atoms with van der Waals surface area (Å²) in [6, 6.07) is 0. The third-order valence-electron chi connectivity index (χ3n) is 5.06. The molecule has 0 bridgehead atoms. The molecule has 18 heteroatoms. The fraction of sp³-hybridized carbons (Fsp3) is 0.667. The molecular formula is C21H33N4O13P. The number of aliphatic hydroxyl groups excluding tert-OH is 2. The number of phosphoric ester groups is 1. The molecule has 220 valence electrons. The van der Waals surface area contributed by atoms with E-state index in [1.807, 2.05) is 0 Å². The summed E-state index contributed by atoms with van der Waals surface area (Å²) in [5.41, 5.74) is 8.59. The summed E-state index contributed by atoms with van der Waals surface area (Å²) in [6.07, 6.45) is -6.81. The second-order valence-corrected chi connectivity index (χ2v) is 12.0. The molecule has 0 aromatic carbocycles. The van der Waals surface area contributed by atoms with Gasteiger partial charge in [-0.05, 0) is 41.5 Å². The van der Waals surface area contributed by atoms with Crippen molar-refractivity contribution < 1.29 is 61.7 Å². The molecule has 5 atom stereocenters. The minimum atomic E-state index is -4.98. The molecule has 0 saturated carbocycles. The van der Waals surface area contributed by atoms with Gasteiger partial charge in [0.25, 0.3) is 5.91 Å². The molecule has 0 aliphatic carbocycles. The van der Waals surface area contributed by atoms with Crippen LogP contribution in [0.3, 0.4) is 0 Å². The summed E-state index contributed by atoms with van der Waals surface area (Å²) in [5.74, 6) is -2.98. The van der Waals surface area contributed by atoms with Crippen molar-refractivity contribution in [2.45, 2.75) is 66.1 Å². The van der Waals surface area contributed by atoms with Crippen molar-refractivity contribution in [1.82, 2.24) is 9.55 Å². The van der Waals surface area contributed by atoms with Crippen LogP contribution in [0.4, 0.5) is 10.6 Å². The number of hydrogen-bond acceptors (Lipinski definition) is 15. The van der Waals surface area contributed by atoms with E-state index in [1.54, 1.807) is 0 Å². The summed E-state index contributed by atoms with van der Waals surface area (Å²) >= 11 is 0. The Morgan fingerprint density at radius 3 is 2.15 bits per heavy atom. The van der Waals surface area contributed by atoms with Gasteiger partial charge in [0.1, 0.15) is 24.1 Å². The number of rotatable bonds is 9. The lowest BCUT2D eigenvalue weighted by Gasteiger charge is -2.22. The van der Waals surface area contributed by atoms with Crippen LogP contribution in [0.2, 0.25) is 0 Å². The predicted molar refractivity (Wildman–Crippen MR) is 128 cm³/mol. The molecule has 1 aliphatic heterocycles. The van der Waals surface area contributed by atoms with Crippen molar-refractivity contribution in [2.75, 3.05) is 19.1 Å². The number of anilines is 1.